The number of rotatable bonds is 0. The second kappa shape index (κ2) is 2.05. The summed E-state index contributed by atoms with van der Waals surface area (Å²) in [6.07, 6.45) is 1.23. The topological polar surface area (TPSA) is 12.0 Å². The summed E-state index contributed by atoms with van der Waals surface area (Å²) in [4.78, 5) is 0. The quantitative estimate of drug-likeness (QED) is 0.444. The van der Waals surface area contributed by atoms with Crippen LogP contribution >= 0.6 is 12.6 Å². The SMILES string of the molecule is CC1CC(S)CN1. The molecule has 1 saturated heterocycles. The second-order valence-corrected chi connectivity index (χ2v) is 2.93. The van der Waals surface area contributed by atoms with E-state index >= 15 is 0 Å². The standard InChI is InChI=1S/C5H11NS/c1-4-2-5(7)3-6-4/h4-7H,2-3H2,1H3. The molecule has 1 nitrogen and oxygen atoms in total. The van der Waals surface area contributed by atoms with Crippen molar-refractivity contribution < 1.29 is 0 Å². The number of hydrogen-bond donors (Lipinski definition) is 2. The minimum atomic E-state index is 0.606. The van der Waals surface area contributed by atoms with Crippen molar-refractivity contribution in [3.8, 4) is 0 Å². The zero-order chi connectivity index (χ0) is 5.28. The van der Waals surface area contributed by atoms with Gasteiger partial charge in [-0.2, -0.15) is 12.6 Å². The maximum Gasteiger partial charge on any atom is 0.0157 e. The van der Waals surface area contributed by atoms with Gasteiger partial charge in [-0.1, -0.05) is 0 Å². The molecule has 1 aliphatic rings. The highest BCUT2D eigenvalue weighted by Gasteiger charge is 2.15. The number of thiol groups is 1. The Bertz CT molecular complexity index is 57.1. The van der Waals surface area contributed by atoms with Crippen LogP contribution in [0.5, 0.6) is 0 Å². The van der Waals surface area contributed by atoms with Crippen molar-refractivity contribution in [2.45, 2.75) is 24.6 Å². The van der Waals surface area contributed by atoms with Gasteiger partial charge >= 0.3 is 0 Å². The van der Waals surface area contributed by atoms with E-state index in [0.29, 0.717) is 11.3 Å². The molecule has 42 valence electrons. The lowest BCUT2D eigenvalue weighted by Crippen LogP contribution is -2.16. The van der Waals surface area contributed by atoms with Gasteiger partial charge in [0, 0.05) is 17.8 Å². The molecule has 0 aromatic heterocycles. The molecule has 0 radical (unpaired) electrons. The van der Waals surface area contributed by atoms with Gasteiger partial charge in [0.05, 0.1) is 0 Å². The predicted octanol–water partition coefficient (Wildman–Crippen LogP) is 0.667. The van der Waals surface area contributed by atoms with Gasteiger partial charge in [-0.05, 0) is 13.3 Å². The first-order valence-corrected chi connectivity index (χ1v) is 3.22. The molecule has 0 spiro atoms. The first kappa shape index (κ1) is 5.45. The summed E-state index contributed by atoms with van der Waals surface area (Å²) in [6.45, 7) is 3.28. The number of hydrogen-bond acceptors (Lipinski definition) is 2. The predicted molar refractivity (Wildman–Crippen MR) is 34.9 cm³/mol. The normalized spacial score (nSPS) is 42.0. The number of nitrogens with one attached hydrogen (secondary N) is 1. The zero-order valence-electron chi connectivity index (χ0n) is 4.52. The highest BCUT2D eigenvalue weighted by Crippen LogP contribution is 2.10. The summed E-state index contributed by atoms with van der Waals surface area (Å²) in [7, 11) is 0. The molecular weight excluding hydrogens is 106 g/mol. The molecule has 2 atom stereocenters. The van der Waals surface area contributed by atoms with Crippen molar-refractivity contribution in [3.05, 3.63) is 0 Å². The summed E-state index contributed by atoms with van der Waals surface area (Å²) in [5, 5.41) is 3.90. The fourth-order valence-electron chi connectivity index (χ4n) is 0.912. The Kier molecular flexibility index (Phi) is 1.60. The fraction of sp³-hybridized carbons (Fsp3) is 1.00. The molecule has 7 heavy (non-hydrogen) atoms. The molecule has 1 heterocycles. The Labute approximate surface area is 49.9 Å². The van der Waals surface area contributed by atoms with Gasteiger partial charge in [0.1, 0.15) is 0 Å². The van der Waals surface area contributed by atoms with E-state index < -0.39 is 0 Å². The minimum absolute atomic E-state index is 0.606. The van der Waals surface area contributed by atoms with Crippen LogP contribution in [0.4, 0.5) is 0 Å². The molecule has 0 saturated carbocycles. The molecule has 1 N–H and O–H groups in total. The maximum absolute atomic E-state index is 4.29. The van der Waals surface area contributed by atoms with Gasteiger partial charge in [0.15, 0.2) is 0 Å². The van der Waals surface area contributed by atoms with Crippen molar-refractivity contribution in [1.82, 2.24) is 5.32 Å². The van der Waals surface area contributed by atoms with Crippen LogP contribution in [0, 0.1) is 0 Å². The second-order valence-electron chi connectivity index (χ2n) is 2.20. The van der Waals surface area contributed by atoms with E-state index in [1.165, 1.54) is 6.42 Å². The van der Waals surface area contributed by atoms with E-state index in [1.807, 2.05) is 0 Å². The fourth-order valence-corrected chi connectivity index (χ4v) is 1.33. The van der Waals surface area contributed by atoms with E-state index in [4.69, 9.17) is 0 Å². The molecule has 1 fully saturated rings. The maximum atomic E-state index is 4.29. The Morgan fingerprint density at radius 1 is 1.71 bits per heavy atom. The average molecular weight is 117 g/mol. The van der Waals surface area contributed by atoms with Crippen LogP contribution in [0.1, 0.15) is 13.3 Å². The van der Waals surface area contributed by atoms with Crippen LogP contribution in [-0.4, -0.2) is 17.8 Å². The summed E-state index contributed by atoms with van der Waals surface area (Å²) in [5.41, 5.74) is 0. The van der Waals surface area contributed by atoms with Crippen LogP contribution in [0.15, 0.2) is 0 Å². The third-order valence-electron chi connectivity index (χ3n) is 1.33. The molecule has 0 amide bonds. The Morgan fingerprint density at radius 3 is 2.57 bits per heavy atom. The van der Waals surface area contributed by atoms with Gasteiger partial charge in [-0.15, -0.1) is 0 Å². The molecule has 0 bridgehead atoms. The van der Waals surface area contributed by atoms with E-state index in [-0.39, 0.29) is 0 Å². The Balaban J connectivity index is 2.26. The highest BCUT2D eigenvalue weighted by molar-refractivity contribution is 7.81. The smallest absolute Gasteiger partial charge is 0.0157 e. The first-order valence-electron chi connectivity index (χ1n) is 2.70. The minimum Gasteiger partial charge on any atom is -0.313 e. The molecule has 2 unspecified atom stereocenters. The highest BCUT2D eigenvalue weighted by atomic mass is 32.1. The summed E-state index contributed by atoms with van der Waals surface area (Å²) < 4.78 is 0. The molecular formula is C5H11NS. The molecule has 2 heteroatoms. The van der Waals surface area contributed by atoms with Crippen molar-refractivity contribution in [1.29, 1.82) is 0 Å². The summed E-state index contributed by atoms with van der Waals surface area (Å²) in [5.74, 6) is 0. The van der Waals surface area contributed by atoms with Crippen molar-refractivity contribution in [2.24, 2.45) is 0 Å². The molecule has 0 aliphatic carbocycles. The van der Waals surface area contributed by atoms with Gasteiger partial charge in [-0.3, -0.25) is 0 Å². The lowest BCUT2D eigenvalue weighted by molar-refractivity contribution is 0.665. The lowest BCUT2D eigenvalue weighted by atomic mass is 10.2. The van der Waals surface area contributed by atoms with Gasteiger partial charge in [0.2, 0.25) is 0 Å². The van der Waals surface area contributed by atoms with Gasteiger partial charge in [-0.25, -0.2) is 0 Å². The zero-order valence-corrected chi connectivity index (χ0v) is 5.41. The van der Waals surface area contributed by atoms with E-state index in [1.54, 1.807) is 0 Å². The van der Waals surface area contributed by atoms with Crippen molar-refractivity contribution >= 4 is 12.6 Å². The summed E-state index contributed by atoms with van der Waals surface area (Å²) >= 11 is 4.29. The molecule has 1 rings (SSSR count). The Hall–Kier alpha value is 0.310. The monoisotopic (exact) mass is 117 g/mol. The molecule has 1 aliphatic heterocycles. The van der Waals surface area contributed by atoms with Crippen LogP contribution in [-0.2, 0) is 0 Å². The van der Waals surface area contributed by atoms with E-state index in [0.717, 1.165) is 6.54 Å². The van der Waals surface area contributed by atoms with Crippen molar-refractivity contribution in [3.63, 3.8) is 0 Å². The van der Waals surface area contributed by atoms with Gasteiger partial charge in [0.25, 0.3) is 0 Å². The van der Waals surface area contributed by atoms with Crippen LogP contribution in [0.25, 0.3) is 0 Å². The van der Waals surface area contributed by atoms with Crippen molar-refractivity contribution in [2.75, 3.05) is 6.54 Å². The molecule has 0 aromatic rings. The van der Waals surface area contributed by atoms with Crippen LogP contribution in [0.2, 0.25) is 0 Å². The van der Waals surface area contributed by atoms with E-state index in [9.17, 15) is 0 Å². The van der Waals surface area contributed by atoms with Crippen LogP contribution in [0.3, 0.4) is 0 Å². The summed E-state index contributed by atoms with van der Waals surface area (Å²) in [6, 6.07) is 0.697. The van der Waals surface area contributed by atoms with Gasteiger partial charge < -0.3 is 5.32 Å². The largest absolute Gasteiger partial charge is 0.313 e. The third kappa shape index (κ3) is 1.35. The van der Waals surface area contributed by atoms with E-state index in [2.05, 4.69) is 24.9 Å². The lowest BCUT2D eigenvalue weighted by Gasteiger charge is -1.95. The van der Waals surface area contributed by atoms with Crippen LogP contribution < -0.4 is 5.32 Å². The third-order valence-corrected chi connectivity index (χ3v) is 1.72. The first-order chi connectivity index (χ1) is 3.29. The molecule has 0 aromatic carbocycles. The average Bonchev–Trinajstić information content (AvgIpc) is 1.87. The Morgan fingerprint density at radius 2 is 2.43 bits per heavy atom.